The van der Waals surface area contributed by atoms with Crippen molar-refractivity contribution in [2.45, 2.75) is 91.0 Å². The predicted molar refractivity (Wildman–Crippen MR) is 99.6 cm³/mol. The summed E-state index contributed by atoms with van der Waals surface area (Å²) in [5.41, 5.74) is 3.50. The maximum atomic E-state index is 3.52. The monoisotopic (exact) mass is 303 g/mol. The van der Waals surface area contributed by atoms with E-state index in [0.717, 1.165) is 0 Å². The Morgan fingerprint density at radius 1 is 0.864 bits per heavy atom. The van der Waals surface area contributed by atoms with Crippen LogP contribution in [0.3, 0.4) is 0 Å². The zero-order valence-electron chi connectivity index (χ0n) is 15.4. The molecular weight excluding hydrogens is 266 g/mol. The van der Waals surface area contributed by atoms with Gasteiger partial charge in [-0.3, -0.25) is 0 Å². The normalized spacial score (nSPS) is 19.5. The second-order valence-corrected chi connectivity index (χ2v) is 6.47. The Kier molecular flexibility index (Phi) is 9.47. The Morgan fingerprint density at radius 3 is 1.91 bits per heavy atom. The highest BCUT2D eigenvalue weighted by molar-refractivity contribution is 5.23. The number of aryl methyl sites for hydroxylation is 2. The molecule has 0 aromatic heterocycles. The fourth-order valence-electron chi connectivity index (χ4n) is 2.92. The summed E-state index contributed by atoms with van der Waals surface area (Å²) in [6, 6.07) is 9.36. The van der Waals surface area contributed by atoms with Gasteiger partial charge in [0.05, 0.1) is 0 Å². The van der Waals surface area contributed by atoms with Crippen molar-refractivity contribution < 1.29 is 0 Å². The first-order chi connectivity index (χ1) is 10.8. The molecular formula is C21H37N. The van der Waals surface area contributed by atoms with Crippen molar-refractivity contribution in [3.05, 3.63) is 35.4 Å². The second-order valence-electron chi connectivity index (χ2n) is 6.47. The average Bonchev–Trinajstić information content (AvgIpc) is 3.36. The van der Waals surface area contributed by atoms with Crippen molar-refractivity contribution in [2.24, 2.45) is 0 Å². The standard InChI is InChI=1S/C19H31N.C2H6/c1-3-5-6-7-8-9-17-10-12-18(13-11-17)14-15-19(4-2)16-20-19;1-2/h10-13,20H,3-9,14-16H2,1-2H3;1-2H3. The molecule has 22 heavy (non-hydrogen) atoms. The minimum absolute atomic E-state index is 0.484. The quantitative estimate of drug-likeness (QED) is 0.421. The van der Waals surface area contributed by atoms with E-state index in [1.165, 1.54) is 75.5 Å². The van der Waals surface area contributed by atoms with E-state index >= 15 is 0 Å². The lowest BCUT2D eigenvalue weighted by atomic mass is 9.96. The fourth-order valence-corrected chi connectivity index (χ4v) is 2.92. The Balaban J connectivity index is 0.00000116. The van der Waals surface area contributed by atoms with Crippen molar-refractivity contribution in [1.82, 2.24) is 5.32 Å². The summed E-state index contributed by atoms with van der Waals surface area (Å²) >= 11 is 0. The van der Waals surface area contributed by atoms with Crippen molar-refractivity contribution in [3.63, 3.8) is 0 Å². The van der Waals surface area contributed by atoms with Crippen LogP contribution in [0.25, 0.3) is 0 Å². The number of rotatable bonds is 10. The van der Waals surface area contributed by atoms with Gasteiger partial charge >= 0.3 is 0 Å². The summed E-state index contributed by atoms with van der Waals surface area (Å²) in [6.07, 6.45) is 11.9. The molecule has 1 heteroatoms. The molecule has 0 radical (unpaired) electrons. The summed E-state index contributed by atoms with van der Waals surface area (Å²) in [7, 11) is 0. The molecule has 0 spiro atoms. The van der Waals surface area contributed by atoms with Crippen molar-refractivity contribution in [2.75, 3.05) is 6.54 Å². The molecule has 1 aromatic rings. The van der Waals surface area contributed by atoms with Gasteiger partial charge in [-0.25, -0.2) is 0 Å². The van der Waals surface area contributed by atoms with Gasteiger partial charge in [0, 0.05) is 12.1 Å². The molecule has 1 aromatic carbocycles. The van der Waals surface area contributed by atoms with E-state index in [4.69, 9.17) is 0 Å². The molecule has 1 nitrogen and oxygen atoms in total. The third-order valence-electron chi connectivity index (χ3n) is 4.84. The molecule has 1 heterocycles. The van der Waals surface area contributed by atoms with Gasteiger partial charge in [0.15, 0.2) is 0 Å². The number of benzene rings is 1. The van der Waals surface area contributed by atoms with Crippen LogP contribution in [-0.2, 0) is 12.8 Å². The summed E-state index contributed by atoms with van der Waals surface area (Å²) in [5, 5.41) is 3.52. The van der Waals surface area contributed by atoms with Crippen molar-refractivity contribution in [3.8, 4) is 0 Å². The number of hydrogen-bond donors (Lipinski definition) is 1. The summed E-state index contributed by atoms with van der Waals surface area (Å²) in [4.78, 5) is 0. The molecule has 1 fully saturated rings. The maximum absolute atomic E-state index is 3.52. The van der Waals surface area contributed by atoms with Crippen LogP contribution in [0.1, 0.15) is 83.8 Å². The van der Waals surface area contributed by atoms with Crippen LogP contribution in [-0.4, -0.2) is 12.1 Å². The first-order valence-electron chi connectivity index (χ1n) is 9.61. The molecule has 1 N–H and O–H groups in total. The summed E-state index contributed by atoms with van der Waals surface area (Å²) in [6.45, 7) is 9.79. The Morgan fingerprint density at radius 2 is 1.41 bits per heavy atom. The second kappa shape index (κ2) is 10.8. The zero-order valence-corrected chi connectivity index (χ0v) is 15.4. The lowest BCUT2D eigenvalue weighted by molar-refractivity contribution is 0.554. The SMILES string of the molecule is CC.CCCCCCCc1ccc(CCC2(CC)CN2)cc1. The van der Waals surface area contributed by atoms with E-state index in [2.05, 4.69) is 43.4 Å². The molecule has 0 amide bonds. The lowest BCUT2D eigenvalue weighted by Gasteiger charge is -2.10. The van der Waals surface area contributed by atoms with E-state index in [0.29, 0.717) is 5.54 Å². The van der Waals surface area contributed by atoms with Crippen molar-refractivity contribution in [1.29, 1.82) is 0 Å². The van der Waals surface area contributed by atoms with E-state index in [1.54, 1.807) is 0 Å². The Hall–Kier alpha value is -0.820. The third kappa shape index (κ3) is 6.96. The molecule has 1 aliphatic heterocycles. The van der Waals surface area contributed by atoms with Crippen molar-refractivity contribution >= 4 is 0 Å². The highest BCUT2D eigenvalue weighted by atomic mass is 15.2. The van der Waals surface area contributed by atoms with Gasteiger partial charge < -0.3 is 5.32 Å². The topological polar surface area (TPSA) is 21.9 Å². The van der Waals surface area contributed by atoms with Gasteiger partial charge in [-0.1, -0.05) is 77.6 Å². The molecule has 0 bridgehead atoms. The Labute approximate surface area is 138 Å². The molecule has 126 valence electrons. The molecule has 0 saturated carbocycles. The van der Waals surface area contributed by atoms with Crippen LogP contribution in [0, 0.1) is 0 Å². The van der Waals surface area contributed by atoms with Crippen LogP contribution in [0.4, 0.5) is 0 Å². The van der Waals surface area contributed by atoms with Gasteiger partial charge in [-0.15, -0.1) is 0 Å². The van der Waals surface area contributed by atoms with E-state index in [9.17, 15) is 0 Å². The smallest absolute Gasteiger partial charge is 0.0307 e. The van der Waals surface area contributed by atoms with Gasteiger partial charge in [0.1, 0.15) is 0 Å². The maximum Gasteiger partial charge on any atom is 0.0307 e. The number of unbranched alkanes of at least 4 members (excludes halogenated alkanes) is 4. The molecule has 1 unspecified atom stereocenters. The zero-order chi connectivity index (χ0) is 16.3. The van der Waals surface area contributed by atoms with Gasteiger partial charge in [-0.2, -0.15) is 0 Å². The fraction of sp³-hybridized carbons (Fsp3) is 0.714. The highest BCUT2D eigenvalue weighted by Crippen LogP contribution is 2.27. The first-order valence-corrected chi connectivity index (χ1v) is 9.61. The molecule has 2 rings (SSSR count). The van der Waals surface area contributed by atoms with Gasteiger partial charge in [0.2, 0.25) is 0 Å². The molecule has 1 atom stereocenters. The lowest BCUT2D eigenvalue weighted by Crippen LogP contribution is -2.14. The van der Waals surface area contributed by atoms with E-state index < -0.39 is 0 Å². The highest BCUT2D eigenvalue weighted by Gasteiger charge is 2.38. The number of nitrogens with one attached hydrogen (secondary N) is 1. The largest absolute Gasteiger partial charge is 0.308 e. The van der Waals surface area contributed by atoms with E-state index in [-0.39, 0.29) is 0 Å². The third-order valence-corrected chi connectivity index (χ3v) is 4.84. The minimum atomic E-state index is 0.484. The van der Waals surface area contributed by atoms with Gasteiger partial charge in [0.25, 0.3) is 0 Å². The van der Waals surface area contributed by atoms with Crippen LogP contribution in [0.5, 0.6) is 0 Å². The Bertz CT molecular complexity index is 375. The summed E-state index contributed by atoms with van der Waals surface area (Å²) in [5.74, 6) is 0. The predicted octanol–water partition coefficient (Wildman–Crippen LogP) is 5.91. The van der Waals surface area contributed by atoms with Crippen LogP contribution in [0.2, 0.25) is 0 Å². The van der Waals surface area contributed by atoms with E-state index in [1.807, 2.05) is 13.8 Å². The first kappa shape index (κ1) is 19.2. The summed E-state index contributed by atoms with van der Waals surface area (Å²) < 4.78 is 0. The molecule has 1 aliphatic rings. The van der Waals surface area contributed by atoms with Crippen LogP contribution in [0.15, 0.2) is 24.3 Å². The van der Waals surface area contributed by atoms with Crippen LogP contribution >= 0.6 is 0 Å². The number of hydrogen-bond acceptors (Lipinski definition) is 1. The van der Waals surface area contributed by atoms with Gasteiger partial charge in [-0.05, 0) is 43.2 Å². The average molecular weight is 304 g/mol. The molecule has 1 saturated heterocycles. The minimum Gasteiger partial charge on any atom is -0.308 e. The van der Waals surface area contributed by atoms with Crippen LogP contribution < -0.4 is 5.32 Å². The molecule has 0 aliphatic carbocycles.